The van der Waals surface area contributed by atoms with E-state index in [9.17, 15) is 17.6 Å². The fraction of sp³-hybridized carbons (Fsp3) is 0.308. The van der Waals surface area contributed by atoms with E-state index < -0.39 is 17.6 Å². The lowest BCUT2D eigenvalue weighted by Gasteiger charge is -2.15. The standard InChI is InChI=1S/C13H12F4N2S/c1-7(12-6-20-8(2)19-12)18-11-5-9(13(15,16)17)3-4-10(11)14/h3-7,18H,1-2H3. The van der Waals surface area contributed by atoms with Crippen molar-refractivity contribution in [3.8, 4) is 0 Å². The summed E-state index contributed by atoms with van der Waals surface area (Å²) in [5, 5.41) is 5.36. The molecular formula is C13H12F4N2S. The number of hydrogen-bond donors (Lipinski definition) is 1. The first-order valence-corrected chi connectivity index (χ1v) is 6.70. The number of nitrogens with one attached hydrogen (secondary N) is 1. The van der Waals surface area contributed by atoms with Crippen LogP contribution in [0, 0.1) is 12.7 Å². The van der Waals surface area contributed by atoms with Gasteiger partial charge in [0.2, 0.25) is 0 Å². The van der Waals surface area contributed by atoms with Crippen molar-refractivity contribution in [1.82, 2.24) is 4.98 Å². The minimum absolute atomic E-state index is 0.182. The highest BCUT2D eigenvalue weighted by molar-refractivity contribution is 7.09. The molecule has 1 aromatic heterocycles. The van der Waals surface area contributed by atoms with E-state index in [1.165, 1.54) is 11.3 Å². The predicted molar refractivity (Wildman–Crippen MR) is 70.3 cm³/mol. The number of thiazole rings is 1. The highest BCUT2D eigenvalue weighted by Crippen LogP contribution is 2.32. The van der Waals surface area contributed by atoms with Gasteiger partial charge in [-0.05, 0) is 32.0 Å². The SMILES string of the molecule is Cc1nc(C(C)Nc2cc(C(F)(F)F)ccc2F)cs1. The molecule has 0 radical (unpaired) electrons. The number of alkyl halides is 3. The Bertz CT molecular complexity index is 607. The molecule has 108 valence electrons. The maximum Gasteiger partial charge on any atom is 0.416 e. The smallest absolute Gasteiger partial charge is 0.375 e. The summed E-state index contributed by atoms with van der Waals surface area (Å²) in [7, 11) is 0. The molecule has 0 amide bonds. The third-order valence-corrected chi connectivity index (χ3v) is 3.54. The van der Waals surface area contributed by atoms with Crippen LogP contribution in [0.25, 0.3) is 0 Å². The van der Waals surface area contributed by atoms with Gasteiger partial charge in [-0.1, -0.05) is 0 Å². The first kappa shape index (κ1) is 14.8. The molecular weight excluding hydrogens is 292 g/mol. The van der Waals surface area contributed by atoms with Gasteiger partial charge in [0, 0.05) is 5.38 Å². The van der Waals surface area contributed by atoms with E-state index in [4.69, 9.17) is 0 Å². The predicted octanol–water partition coefficient (Wildman–Crippen LogP) is 4.78. The molecule has 0 spiro atoms. The Hall–Kier alpha value is -1.63. The van der Waals surface area contributed by atoms with E-state index in [0.717, 1.165) is 23.2 Å². The Kier molecular flexibility index (Phi) is 3.99. The van der Waals surface area contributed by atoms with Crippen molar-refractivity contribution in [3.63, 3.8) is 0 Å². The number of benzene rings is 1. The molecule has 7 heteroatoms. The van der Waals surface area contributed by atoms with Crippen LogP contribution in [-0.2, 0) is 6.18 Å². The van der Waals surface area contributed by atoms with Gasteiger partial charge in [-0.15, -0.1) is 11.3 Å². The van der Waals surface area contributed by atoms with Crippen molar-refractivity contribution in [2.75, 3.05) is 5.32 Å². The topological polar surface area (TPSA) is 24.9 Å². The molecule has 2 aromatic rings. The van der Waals surface area contributed by atoms with Crippen molar-refractivity contribution in [2.45, 2.75) is 26.1 Å². The average molecular weight is 304 g/mol. The molecule has 1 aromatic carbocycles. The Morgan fingerprint density at radius 3 is 2.55 bits per heavy atom. The molecule has 2 rings (SSSR count). The monoisotopic (exact) mass is 304 g/mol. The lowest BCUT2D eigenvalue weighted by molar-refractivity contribution is -0.137. The van der Waals surface area contributed by atoms with Crippen molar-refractivity contribution in [3.05, 3.63) is 45.7 Å². The summed E-state index contributed by atoms with van der Waals surface area (Å²) < 4.78 is 51.4. The van der Waals surface area contributed by atoms with Crippen LogP contribution in [0.2, 0.25) is 0 Å². The second-order valence-corrected chi connectivity index (χ2v) is 5.41. The van der Waals surface area contributed by atoms with E-state index in [1.54, 1.807) is 12.3 Å². The molecule has 2 nitrogen and oxygen atoms in total. The fourth-order valence-electron chi connectivity index (χ4n) is 1.70. The highest BCUT2D eigenvalue weighted by Gasteiger charge is 2.31. The van der Waals surface area contributed by atoms with E-state index in [2.05, 4.69) is 10.3 Å². The third-order valence-electron chi connectivity index (χ3n) is 2.75. The van der Waals surface area contributed by atoms with Crippen LogP contribution >= 0.6 is 11.3 Å². The zero-order valence-electron chi connectivity index (χ0n) is 10.8. The van der Waals surface area contributed by atoms with Gasteiger partial charge in [-0.3, -0.25) is 0 Å². The van der Waals surface area contributed by atoms with E-state index in [0.29, 0.717) is 5.69 Å². The second kappa shape index (κ2) is 5.40. The maximum absolute atomic E-state index is 13.6. The number of nitrogens with zero attached hydrogens (tertiary/aromatic N) is 1. The molecule has 0 aliphatic heterocycles. The second-order valence-electron chi connectivity index (χ2n) is 4.35. The van der Waals surface area contributed by atoms with Crippen LogP contribution in [0.3, 0.4) is 0 Å². The number of aromatic nitrogens is 1. The summed E-state index contributed by atoms with van der Waals surface area (Å²) in [4.78, 5) is 4.22. The summed E-state index contributed by atoms with van der Waals surface area (Å²) in [6.45, 7) is 3.54. The van der Waals surface area contributed by atoms with E-state index in [-0.39, 0.29) is 11.7 Å². The fourth-order valence-corrected chi connectivity index (χ4v) is 2.40. The Morgan fingerprint density at radius 1 is 1.30 bits per heavy atom. The summed E-state index contributed by atoms with van der Waals surface area (Å²) in [6.07, 6.45) is -4.50. The summed E-state index contributed by atoms with van der Waals surface area (Å²) >= 11 is 1.43. The summed E-state index contributed by atoms with van der Waals surface area (Å²) in [5.74, 6) is -0.725. The van der Waals surface area contributed by atoms with Crippen molar-refractivity contribution in [1.29, 1.82) is 0 Å². The van der Waals surface area contributed by atoms with E-state index >= 15 is 0 Å². The van der Waals surface area contributed by atoms with Gasteiger partial charge in [0.05, 0.1) is 28.0 Å². The summed E-state index contributed by atoms with van der Waals surface area (Å²) in [5.41, 5.74) is -0.398. The quantitative estimate of drug-likeness (QED) is 0.825. The number of rotatable bonds is 3. The van der Waals surface area contributed by atoms with Gasteiger partial charge in [-0.2, -0.15) is 13.2 Å². The van der Waals surface area contributed by atoms with Crippen molar-refractivity contribution < 1.29 is 17.6 Å². The first-order chi connectivity index (χ1) is 9.27. The Balaban J connectivity index is 2.24. The van der Waals surface area contributed by atoms with Crippen molar-refractivity contribution in [2.24, 2.45) is 0 Å². The molecule has 0 bridgehead atoms. The van der Waals surface area contributed by atoms with Gasteiger partial charge in [0.25, 0.3) is 0 Å². The van der Waals surface area contributed by atoms with Gasteiger partial charge in [0.1, 0.15) is 5.82 Å². The molecule has 0 aliphatic carbocycles. The lowest BCUT2D eigenvalue weighted by atomic mass is 10.1. The molecule has 1 heterocycles. The molecule has 0 fully saturated rings. The van der Waals surface area contributed by atoms with Crippen LogP contribution in [0.15, 0.2) is 23.6 Å². The van der Waals surface area contributed by atoms with Crippen LogP contribution in [0.5, 0.6) is 0 Å². The number of halogens is 4. The van der Waals surface area contributed by atoms with Crippen molar-refractivity contribution >= 4 is 17.0 Å². The zero-order chi connectivity index (χ0) is 14.9. The van der Waals surface area contributed by atoms with Crippen LogP contribution < -0.4 is 5.32 Å². The van der Waals surface area contributed by atoms with E-state index in [1.807, 2.05) is 6.92 Å². The molecule has 1 N–H and O–H groups in total. The van der Waals surface area contributed by atoms with Crippen LogP contribution in [0.4, 0.5) is 23.2 Å². The average Bonchev–Trinajstić information content (AvgIpc) is 2.77. The van der Waals surface area contributed by atoms with Crippen LogP contribution in [-0.4, -0.2) is 4.98 Å². The first-order valence-electron chi connectivity index (χ1n) is 5.82. The molecule has 0 saturated heterocycles. The molecule has 20 heavy (non-hydrogen) atoms. The van der Waals surface area contributed by atoms with Gasteiger partial charge in [0.15, 0.2) is 0 Å². The molecule has 0 aliphatic rings. The van der Waals surface area contributed by atoms with Gasteiger partial charge >= 0.3 is 6.18 Å². The number of hydrogen-bond acceptors (Lipinski definition) is 3. The number of anilines is 1. The van der Waals surface area contributed by atoms with Crippen LogP contribution in [0.1, 0.15) is 29.2 Å². The molecule has 0 saturated carbocycles. The van der Waals surface area contributed by atoms with Gasteiger partial charge < -0.3 is 5.32 Å². The van der Waals surface area contributed by atoms with Gasteiger partial charge in [-0.25, -0.2) is 9.37 Å². The maximum atomic E-state index is 13.6. The Morgan fingerprint density at radius 2 is 2.00 bits per heavy atom. The minimum atomic E-state index is -4.50. The molecule has 1 unspecified atom stereocenters. The minimum Gasteiger partial charge on any atom is -0.375 e. The third kappa shape index (κ3) is 3.27. The highest BCUT2D eigenvalue weighted by atomic mass is 32.1. The summed E-state index contributed by atoms with van der Waals surface area (Å²) in [6, 6.07) is 1.92. The number of aryl methyl sites for hydroxylation is 1. The normalized spacial score (nSPS) is 13.3. The largest absolute Gasteiger partial charge is 0.416 e. The lowest BCUT2D eigenvalue weighted by Crippen LogP contribution is -2.11. The molecule has 1 atom stereocenters. The Labute approximate surface area is 117 Å². The zero-order valence-corrected chi connectivity index (χ0v) is 11.6.